The van der Waals surface area contributed by atoms with Gasteiger partial charge in [0.1, 0.15) is 0 Å². The van der Waals surface area contributed by atoms with Crippen LogP contribution in [0.5, 0.6) is 0 Å². The highest BCUT2D eigenvalue weighted by molar-refractivity contribution is 7.15. The van der Waals surface area contributed by atoms with Gasteiger partial charge in [-0.25, -0.2) is 0 Å². The lowest BCUT2D eigenvalue weighted by molar-refractivity contribution is 0.746. The van der Waals surface area contributed by atoms with E-state index in [-0.39, 0.29) is 6.04 Å². The molecule has 0 amide bonds. The first-order valence-corrected chi connectivity index (χ1v) is 5.97. The molecule has 1 nitrogen and oxygen atoms in total. The van der Waals surface area contributed by atoms with Crippen molar-refractivity contribution in [2.45, 2.75) is 19.4 Å². The topological polar surface area (TPSA) is 26.0 Å². The Morgan fingerprint density at radius 1 is 1.13 bits per heavy atom. The molecule has 0 aliphatic rings. The van der Waals surface area contributed by atoms with E-state index in [4.69, 9.17) is 5.73 Å². The highest BCUT2D eigenvalue weighted by Gasteiger charge is 2.03. The molecule has 0 aliphatic heterocycles. The van der Waals surface area contributed by atoms with Gasteiger partial charge in [0, 0.05) is 15.8 Å². The fourth-order valence-electron chi connectivity index (χ4n) is 1.56. The summed E-state index contributed by atoms with van der Waals surface area (Å²) in [7, 11) is 0. The molecule has 78 valence electrons. The lowest BCUT2D eigenvalue weighted by atomic mass is 10.2. The molecule has 2 N–H and O–H groups in total. The minimum absolute atomic E-state index is 0.243. The van der Waals surface area contributed by atoms with Crippen molar-refractivity contribution in [1.29, 1.82) is 0 Å². The van der Waals surface area contributed by atoms with Gasteiger partial charge >= 0.3 is 0 Å². The van der Waals surface area contributed by atoms with Crippen LogP contribution >= 0.6 is 11.3 Å². The second-order valence-corrected chi connectivity index (χ2v) is 4.98. The number of benzene rings is 1. The Kier molecular flexibility index (Phi) is 3.19. The van der Waals surface area contributed by atoms with Gasteiger partial charge < -0.3 is 5.73 Å². The number of hydrogen-bond donors (Lipinski definition) is 1. The lowest BCUT2D eigenvalue weighted by Gasteiger charge is -2.00. The average Bonchev–Trinajstić information content (AvgIpc) is 2.67. The third-order valence-corrected chi connectivity index (χ3v) is 3.40. The Morgan fingerprint density at radius 2 is 1.87 bits per heavy atom. The number of nitrogens with two attached hydrogens (primary N) is 1. The highest BCUT2D eigenvalue weighted by atomic mass is 32.1. The molecule has 2 aromatic rings. The molecular weight excluding hydrogens is 202 g/mol. The van der Waals surface area contributed by atoms with Gasteiger partial charge in [-0.05, 0) is 31.0 Å². The van der Waals surface area contributed by atoms with Crippen molar-refractivity contribution in [3.8, 4) is 10.4 Å². The minimum atomic E-state index is 0.243. The minimum Gasteiger partial charge on any atom is -0.328 e. The zero-order chi connectivity index (χ0) is 10.7. The van der Waals surface area contributed by atoms with Gasteiger partial charge in [-0.2, -0.15) is 0 Å². The molecule has 0 radical (unpaired) electrons. The number of thiophene rings is 1. The fourth-order valence-corrected chi connectivity index (χ4v) is 2.72. The van der Waals surface area contributed by atoms with E-state index in [1.165, 1.54) is 15.3 Å². The SMILES string of the molecule is C[C@H](N)Cc1ccc(-c2ccccc2)s1. The van der Waals surface area contributed by atoms with Crippen molar-refractivity contribution >= 4 is 11.3 Å². The van der Waals surface area contributed by atoms with Crippen LogP contribution in [0.15, 0.2) is 42.5 Å². The monoisotopic (exact) mass is 217 g/mol. The zero-order valence-corrected chi connectivity index (χ0v) is 9.63. The molecule has 0 spiro atoms. The van der Waals surface area contributed by atoms with Gasteiger partial charge in [0.05, 0.1) is 0 Å². The number of rotatable bonds is 3. The normalized spacial score (nSPS) is 12.7. The maximum atomic E-state index is 5.78. The zero-order valence-electron chi connectivity index (χ0n) is 8.81. The summed E-state index contributed by atoms with van der Waals surface area (Å²) in [6.45, 7) is 2.04. The smallest absolute Gasteiger partial charge is 0.0345 e. The van der Waals surface area contributed by atoms with Crippen molar-refractivity contribution < 1.29 is 0 Å². The predicted octanol–water partition coefficient (Wildman–Crippen LogP) is 3.30. The highest BCUT2D eigenvalue weighted by Crippen LogP contribution is 2.28. The maximum absolute atomic E-state index is 5.78. The molecule has 15 heavy (non-hydrogen) atoms. The molecule has 1 heterocycles. The summed E-state index contributed by atoms with van der Waals surface area (Å²) in [5.74, 6) is 0. The molecular formula is C13H15NS. The van der Waals surface area contributed by atoms with Crippen LogP contribution in [-0.4, -0.2) is 6.04 Å². The molecule has 0 aliphatic carbocycles. The van der Waals surface area contributed by atoms with E-state index in [1.807, 2.05) is 24.3 Å². The van der Waals surface area contributed by atoms with Gasteiger partial charge in [0.2, 0.25) is 0 Å². The summed E-state index contributed by atoms with van der Waals surface area (Å²) < 4.78 is 0. The maximum Gasteiger partial charge on any atom is 0.0345 e. The van der Waals surface area contributed by atoms with Crippen molar-refractivity contribution in [2.24, 2.45) is 5.73 Å². The Morgan fingerprint density at radius 3 is 2.53 bits per heavy atom. The van der Waals surface area contributed by atoms with Gasteiger partial charge in [0.25, 0.3) is 0 Å². The molecule has 0 bridgehead atoms. The lowest BCUT2D eigenvalue weighted by Crippen LogP contribution is -2.16. The third kappa shape index (κ3) is 2.67. The Bertz CT molecular complexity index is 417. The van der Waals surface area contributed by atoms with E-state index in [2.05, 4.69) is 36.4 Å². The van der Waals surface area contributed by atoms with E-state index in [0.29, 0.717) is 0 Å². The van der Waals surface area contributed by atoms with Crippen LogP contribution in [0.2, 0.25) is 0 Å². The second kappa shape index (κ2) is 4.60. The van der Waals surface area contributed by atoms with E-state index >= 15 is 0 Å². The summed E-state index contributed by atoms with van der Waals surface area (Å²) in [5.41, 5.74) is 7.07. The van der Waals surface area contributed by atoms with Gasteiger partial charge in [-0.1, -0.05) is 30.3 Å². The van der Waals surface area contributed by atoms with Gasteiger partial charge in [0.15, 0.2) is 0 Å². The number of hydrogen-bond acceptors (Lipinski definition) is 2. The van der Waals surface area contributed by atoms with Crippen LogP contribution in [0.25, 0.3) is 10.4 Å². The summed E-state index contributed by atoms with van der Waals surface area (Å²) in [6.07, 6.45) is 0.970. The van der Waals surface area contributed by atoms with Crippen LogP contribution < -0.4 is 5.73 Å². The molecule has 0 fully saturated rings. The van der Waals surface area contributed by atoms with E-state index < -0.39 is 0 Å². The van der Waals surface area contributed by atoms with E-state index in [0.717, 1.165) is 6.42 Å². The Hall–Kier alpha value is -1.12. The molecule has 0 saturated heterocycles. The van der Waals surface area contributed by atoms with Crippen LogP contribution in [-0.2, 0) is 6.42 Å². The van der Waals surface area contributed by atoms with Crippen molar-refractivity contribution in [2.75, 3.05) is 0 Å². The van der Waals surface area contributed by atoms with Crippen LogP contribution in [0, 0.1) is 0 Å². The molecule has 1 atom stereocenters. The molecule has 2 heteroatoms. The first-order valence-electron chi connectivity index (χ1n) is 5.15. The van der Waals surface area contributed by atoms with Crippen molar-refractivity contribution in [3.63, 3.8) is 0 Å². The van der Waals surface area contributed by atoms with E-state index in [1.54, 1.807) is 0 Å². The molecule has 1 aromatic heterocycles. The van der Waals surface area contributed by atoms with Crippen molar-refractivity contribution in [3.05, 3.63) is 47.3 Å². The summed E-state index contributed by atoms with van der Waals surface area (Å²) >= 11 is 1.83. The predicted molar refractivity (Wildman–Crippen MR) is 67.1 cm³/mol. The fraction of sp³-hybridized carbons (Fsp3) is 0.231. The second-order valence-electron chi connectivity index (χ2n) is 3.81. The van der Waals surface area contributed by atoms with Crippen LogP contribution in [0.1, 0.15) is 11.8 Å². The first-order chi connectivity index (χ1) is 7.25. The Balaban J connectivity index is 2.21. The quantitative estimate of drug-likeness (QED) is 0.838. The largest absolute Gasteiger partial charge is 0.328 e. The Labute approximate surface area is 94.6 Å². The summed E-state index contributed by atoms with van der Waals surface area (Å²) in [4.78, 5) is 2.69. The summed E-state index contributed by atoms with van der Waals surface area (Å²) in [5, 5.41) is 0. The molecule has 1 aromatic carbocycles. The van der Waals surface area contributed by atoms with E-state index in [9.17, 15) is 0 Å². The van der Waals surface area contributed by atoms with Crippen LogP contribution in [0.3, 0.4) is 0 Å². The molecule has 0 saturated carbocycles. The third-order valence-electron chi connectivity index (χ3n) is 2.24. The van der Waals surface area contributed by atoms with Crippen LogP contribution in [0.4, 0.5) is 0 Å². The van der Waals surface area contributed by atoms with Gasteiger partial charge in [-0.15, -0.1) is 11.3 Å². The van der Waals surface area contributed by atoms with Gasteiger partial charge in [-0.3, -0.25) is 0 Å². The summed E-state index contributed by atoms with van der Waals surface area (Å²) in [6, 6.07) is 15.1. The molecule has 0 unspecified atom stereocenters. The average molecular weight is 217 g/mol. The first kappa shape index (κ1) is 10.4. The molecule has 2 rings (SSSR count). The van der Waals surface area contributed by atoms with Crippen molar-refractivity contribution in [1.82, 2.24) is 0 Å². The standard InChI is InChI=1S/C13H15NS/c1-10(14)9-12-7-8-13(15-12)11-5-3-2-4-6-11/h2-8,10H,9,14H2,1H3/t10-/m0/s1.